The van der Waals surface area contributed by atoms with Gasteiger partial charge in [-0.1, -0.05) is 67.7 Å². The number of aromatic hydroxyl groups is 1. The van der Waals surface area contributed by atoms with E-state index in [1.807, 2.05) is 0 Å². The fourth-order valence-electron chi connectivity index (χ4n) is 3.26. The first kappa shape index (κ1) is 26.2. The van der Waals surface area contributed by atoms with E-state index in [1.165, 1.54) is 12.1 Å². The summed E-state index contributed by atoms with van der Waals surface area (Å²) >= 11 is 0. The molecule has 0 aromatic heterocycles. The highest BCUT2D eigenvalue weighted by Crippen LogP contribution is 2.30. The number of benzene rings is 1. The lowest BCUT2D eigenvalue weighted by Crippen LogP contribution is -2.08. The van der Waals surface area contributed by atoms with Crippen LogP contribution in [0.2, 0.25) is 0 Å². The van der Waals surface area contributed by atoms with E-state index in [0.717, 1.165) is 51.4 Å². The van der Waals surface area contributed by atoms with Crippen LogP contribution in [0, 0.1) is 0 Å². The van der Waals surface area contributed by atoms with E-state index in [1.54, 1.807) is 6.07 Å². The number of carboxylic acids is 1. The maximum absolute atomic E-state index is 11.1. The number of hydrogen-bond acceptors (Lipinski definition) is 4. The summed E-state index contributed by atoms with van der Waals surface area (Å²) in [4.78, 5) is 11.1. The Kier molecular flexibility index (Phi) is 12.5. The summed E-state index contributed by atoms with van der Waals surface area (Å²) in [6.45, 7) is 2.15. The molecule has 178 valence electrons. The molecule has 0 bridgehead atoms. The molecule has 2 unspecified atom stereocenters. The molecule has 1 aromatic carbocycles. The van der Waals surface area contributed by atoms with E-state index in [4.69, 9.17) is 9.84 Å². The van der Waals surface area contributed by atoms with Crippen LogP contribution in [0.5, 0.6) is 5.75 Å². The molecule has 0 amide bonds. The minimum atomic E-state index is -1.15. The topological polar surface area (TPSA) is 82.1 Å². The third kappa shape index (κ3) is 11.4. The van der Waals surface area contributed by atoms with Gasteiger partial charge in [-0.3, -0.25) is 0 Å². The number of nitrogens with one attached hydrogen (secondary N) is 1. The summed E-state index contributed by atoms with van der Waals surface area (Å²) in [7, 11) is 0. The standard InChI is InChI=1S/C28H37NO4/c1-2-3-4-5-6-7-8-9-10-11-12-13-14-15-16-17-18-19-26-27(33-26)29-23-20-21-25(30)24(22-23)28(31)32/h3-4,6-7,9-10,12-13,15-16,20-22,26-27,29-30H,2,5,8,11,14,17-19H2,1H3,(H,31,32)/b4-3-,7-6-,10-9-,13-12-,16-15-. The maximum atomic E-state index is 11.1. The lowest BCUT2D eigenvalue weighted by atomic mass is 10.1. The van der Waals surface area contributed by atoms with Gasteiger partial charge in [0.15, 0.2) is 6.23 Å². The normalized spacial score (nSPS) is 18.5. The Balaban J connectivity index is 1.48. The first-order chi connectivity index (χ1) is 16.1. The number of phenols is 1. The lowest BCUT2D eigenvalue weighted by Gasteiger charge is -2.05. The molecule has 3 N–H and O–H groups in total. The van der Waals surface area contributed by atoms with Crippen molar-refractivity contribution in [3.8, 4) is 5.75 Å². The molecule has 5 nitrogen and oxygen atoms in total. The maximum Gasteiger partial charge on any atom is 0.339 e. The quantitative estimate of drug-likeness (QED) is 0.108. The van der Waals surface area contributed by atoms with Crippen LogP contribution in [0.15, 0.2) is 79.0 Å². The highest BCUT2D eigenvalue weighted by molar-refractivity contribution is 5.92. The van der Waals surface area contributed by atoms with Gasteiger partial charge in [0, 0.05) is 5.69 Å². The first-order valence-electron chi connectivity index (χ1n) is 11.8. The van der Waals surface area contributed by atoms with Crippen molar-refractivity contribution in [2.45, 2.75) is 70.6 Å². The second kappa shape index (κ2) is 15.7. The average molecular weight is 452 g/mol. The van der Waals surface area contributed by atoms with Crippen molar-refractivity contribution in [3.05, 3.63) is 84.5 Å². The van der Waals surface area contributed by atoms with Gasteiger partial charge in [-0.2, -0.15) is 0 Å². The number of ether oxygens (including phenoxy) is 1. The Morgan fingerprint density at radius 1 is 0.939 bits per heavy atom. The molecule has 1 fully saturated rings. The molecule has 2 atom stereocenters. The van der Waals surface area contributed by atoms with Gasteiger partial charge in [0.1, 0.15) is 17.4 Å². The van der Waals surface area contributed by atoms with Crippen LogP contribution in [-0.4, -0.2) is 28.5 Å². The van der Waals surface area contributed by atoms with Crippen molar-refractivity contribution in [2.24, 2.45) is 0 Å². The molecule has 0 radical (unpaired) electrons. The van der Waals surface area contributed by atoms with Crippen molar-refractivity contribution in [3.63, 3.8) is 0 Å². The predicted molar refractivity (Wildman–Crippen MR) is 136 cm³/mol. The van der Waals surface area contributed by atoms with Gasteiger partial charge >= 0.3 is 5.97 Å². The summed E-state index contributed by atoms with van der Waals surface area (Å²) in [5.74, 6) is -1.39. The molecule has 0 saturated carbocycles. The molecule has 1 aliphatic heterocycles. The molecular formula is C28H37NO4. The van der Waals surface area contributed by atoms with Crippen molar-refractivity contribution in [1.29, 1.82) is 0 Å². The number of anilines is 1. The third-order valence-electron chi connectivity index (χ3n) is 5.14. The number of hydrogen-bond donors (Lipinski definition) is 3. The van der Waals surface area contributed by atoms with Gasteiger partial charge in [-0.15, -0.1) is 0 Å². The minimum Gasteiger partial charge on any atom is -0.507 e. The van der Waals surface area contributed by atoms with E-state index in [-0.39, 0.29) is 23.6 Å². The average Bonchev–Trinajstić information content (AvgIpc) is 3.54. The van der Waals surface area contributed by atoms with Gasteiger partial charge in [0.25, 0.3) is 0 Å². The van der Waals surface area contributed by atoms with Crippen LogP contribution >= 0.6 is 0 Å². The molecule has 1 aliphatic rings. The molecule has 0 aliphatic carbocycles. The van der Waals surface area contributed by atoms with Gasteiger partial charge in [0.05, 0.1) is 0 Å². The number of allylic oxidation sites excluding steroid dienone is 10. The van der Waals surface area contributed by atoms with Crippen LogP contribution in [0.3, 0.4) is 0 Å². The van der Waals surface area contributed by atoms with Crippen molar-refractivity contribution < 1.29 is 19.7 Å². The minimum absolute atomic E-state index is 0.0930. The number of aromatic carboxylic acids is 1. The SMILES string of the molecule is CC/C=C\C/C=C\C/C=C\C/C=C\C/C=C\CCCC1OC1Nc1ccc(O)c(C(=O)O)c1. The van der Waals surface area contributed by atoms with Gasteiger partial charge in [0.2, 0.25) is 0 Å². The summed E-state index contributed by atoms with van der Waals surface area (Å²) in [6.07, 6.45) is 30.1. The fourth-order valence-corrected chi connectivity index (χ4v) is 3.26. The Labute approximate surface area is 197 Å². The van der Waals surface area contributed by atoms with Crippen molar-refractivity contribution in [2.75, 3.05) is 5.32 Å². The predicted octanol–water partition coefficient (Wildman–Crippen LogP) is 7.15. The summed E-state index contributed by atoms with van der Waals surface area (Å²) in [5.41, 5.74) is 0.520. The Morgan fingerprint density at radius 3 is 2.09 bits per heavy atom. The molecule has 0 spiro atoms. The number of epoxide rings is 1. The molecule has 1 saturated heterocycles. The van der Waals surface area contributed by atoms with Crippen LogP contribution in [-0.2, 0) is 4.74 Å². The Hall–Kier alpha value is -3.05. The van der Waals surface area contributed by atoms with Crippen LogP contribution in [0.25, 0.3) is 0 Å². The summed E-state index contributed by atoms with van der Waals surface area (Å²) in [6, 6.07) is 4.45. The Morgan fingerprint density at radius 2 is 1.52 bits per heavy atom. The zero-order chi connectivity index (χ0) is 23.7. The smallest absolute Gasteiger partial charge is 0.339 e. The fraction of sp³-hybridized carbons (Fsp3) is 0.393. The first-order valence-corrected chi connectivity index (χ1v) is 11.8. The monoisotopic (exact) mass is 451 g/mol. The highest BCUT2D eigenvalue weighted by atomic mass is 16.6. The van der Waals surface area contributed by atoms with E-state index < -0.39 is 5.97 Å². The van der Waals surface area contributed by atoms with Gasteiger partial charge in [-0.25, -0.2) is 4.79 Å². The number of rotatable bonds is 16. The van der Waals surface area contributed by atoms with Crippen LogP contribution < -0.4 is 5.32 Å². The van der Waals surface area contributed by atoms with Gasteiger partial charge in [-0.05, 0) is 69.6 Å². The summed E-state index contributed by atoms with van der Waals surface area (Å²) in [5, 5.41) is 21.8. The molecular weight excluding hydrogens is 414 g/mol. The van der Waals surface area contributed by atoms with E-state index in [2.05, 4.69) is 73.0 Å². The third-order valence-corrected chi connectivity index (χ3v) is 5.14. The van der Waals surface area contributed by atoms with Crippen molar-refractivity contribution >= 4 is 11.7 Å². The zero-order valence-electron chi connectivity index (χ0n) is 19.5. The molecule has 33 heavy (non-hydrogen) atoms. The number of unbranched alkanes of at least 4 members (excludes halogenated alkanes) is 1. The van der Waals surface area contributed by atoms with E-state index in [0.29, 0.717) is 5.69 Å². The van der Waals surface area contributed by atoms with Crippen LogP contribution in [0.4, 0.5) is 5.69 Å². The van der Waals surface area contributed by atoms with E-state index >= 15 is 0 Å². The molecule has 1 aromatic rings. The second-order valence-corrected chi connectivity index (χ2v) is 7.92. The second-order valence-electron chi connectivity index (χ2n) is 7.92. The van der Waals surface area contributed by atoms with Crippen molar-refractivity contribution in [1.82, 2.24) is 0 Å². The molecule has 5 heteroatoms. The largest absolute Gasteiger partial charge is 0.507 e. The molecule has 2 rings (SSSR count). The zero-order valence-corrected chi connectivity index (χ0v) is 19.5. The highest BCUT2D eigenvalue weighted by Gasteiger charge is 2.38. The van der Waals surface area contributed by atoms with E-state index in [9.17, 15) is 9.90 Å². The Bertz CT molecular complexity index is 867. The lowest BCUT2D eigenvalue weighted by molar-refractivity contribution is 0.0693. The number of carbonyl (C=O) groups is 1. The summed E-state index contributed by atoms with van der Waals surface area (Å²) < 4.78 is 5.61. The number of carboxylic acid groups (broad SMARTS) is 1. The van der Waals surface area contributed by atoms with Gasteiger partial charge < -0.3 is 20.3 Å². The molecule has 1 heterocycles. The van der Waals surface area contributed by atoms with Crippen LogP contribution in [0.1, 0.15) is 68.6 Å².